The first-order valence-electron chi connectivity index (χ1n) is 10.1. The maximum Gasteiger partial charge on any atom is 0.253 e. The number of carbonyl (C=O) groups excluding carboxylic acids is 2. The van der Waals surface area contributed by atoms with Crippen molar-refractivity contribution in [1.82, 2.24) is 15.2 Å². The van der Waals surface area contributed by atoms with E-state index >= 15 is 0 Å². The van der Waals surface area contributed by atoms with Crippen molar-refractivity contribution in [3.8, 4) is 0 Å². The van der Waals surface area contributed by atoms with E-state index in [9.17, 15) is 14.0 Å². The summed E-state index contributed by atoms with van der Waals surface area (Å²) in [5.74, 6) is -1.35. The zero-order chi connectivity index (χ0) is 21.1. The van der Waals surface area contributed by atoms with Crippen molar-refractivity contribution in [1.29, 1.82) is 0 Å². The van der Waals surface area contributed by atoms with E-state index in [0.717, 1.165) is 36.6 Å². The number of halogens is 1. The minimum absolute atomic E-state index is 0.128. The Morgan fingerprint density at radius 2 is 1.97 bits per heavy atom. The number of likely N-dealkylation sites (N-methyl/N-ethyl adjacent to an activating group) is 1. The van der Waals surface area contributed by atoms with Gasteiger partial charge in [-0.25, -0.2) is 4.39 Å². The Balaban J connectivity index is 1.75. The molecule has 0 aliphatic carbocycles. The molecule has 1 unspecified atom stereocenters. The Morgan fingerprint density at radius 1 is 1.24 bits per heavy atom. The van der Waals surface area contributed by atoms with Gasteiger partial charge < -0.3 is 20.5 Å². The van der Waals surface area contributed by atoms with Gasteiger partial charge >= 0.3 is 0 Å². The third kappa shape index (κ3) is 4.19. The Hall–Kier alpha value is -2.67. The standard InChI is InChI=1S/C22H29FN4O2/c1-5-27(6-2)11-10-24-22(29)19-13(3)18(25-14(19)4)12-15-20-16(23)8-7-9-17(20)26-21(15)28/h7-9,15,25H,5-6,10-12H2,1-4H3,(H,24,29)(H,26,28). The number of amides is 2. The lowest BCUT2D eigenvalue weighted by molar-refractivity contribution is -0.117. The molecule has 3 rings (SSSR count). The number of aryl methyl sites for hydroxylation is 1. The molecule has 0 fully saturated rings. The van der Waals surface area contributed by atoms with Gasteiger partial charge in [-0.2, -0.15) is 0 Å². The zero-order valence-electron chi connectivity index (χ0n) is 17.5. The molecule has 2 heterocycles. The number of hydrogen-bond acceptors (Lipinski definition) is 3. The molecule has 1 aliphatic heterocycles. The number of nitrogens with zero attached hydrogens (tertiary/aromatic N) is 1. The SMILES string of the molecule is CCN(CC)CCNC(=O)c1c(C)[nH]c(CC2C(=O)Nc3cccc(F)c32)c1C. The van der Waals surface area contributed by atoms with E-state index in [0.29, 0.717) is 29.8 Å². The number of nitrogens with one attached hydrogen (secondary N) is 3. The molecule has 3 N–H and O–H groups in total. The van der Waals surface area contributed by atoms with Gasteiger partial charge in [-0.15, -0.1) is 0 Å². The van der Waals surface area contributed by atoms with Gasteiger partial charge in [0.15, 0.2) is 0 Å². The quantitative estimate of drug-likeness (QED) is 0.637. The van der Waals surface area contributed by atoms with E-state index in [-0.39, 0.29) is 17.6 Å². The molecule has 156 valence electrons. The van der Waals surface area contributed by atoms with Crippen molar-refractivity contribution in [3.05, 3.63) is 52.1 Å². The molecular formula is C22H29FN4O2. The number of carbonyl (C=O) groups is 2. The van der Waals surface area contributed by atoms with E-state index in [1.807, 2.05) is 13.8 Å². The Morgan fingerprint density at radius 3 is 2.66 bits per heavy atom. The second-order valence-electron chi connectivity index (χ2n) is 7.46. The second-order valence-corrected chi connectivity index (χ2v) is 7.46. The topological polar surface area (TPSA) is 77.2 Å². The number of rotatable bonds is 8. The highest BCUT2D eigenvalue weighted by molar-refractivity contribution is 6.03. The molecule has 29 heavy (non-hydrogen) atoms. The molecule has 1 aromatic carbocycles. The van der Waals surface area contributed by atoms with Gasteiger partial charge in [-0.05, 0) is 44.6 Å². The Labute approximate surface area is 170 Å². The summed E-state index contributed by atoms with van der Waals surface area (Å²) in [6.07, 6.45) is 0.319. The largest absolute Gasteiger partial charge is 0.362 e. The molecule has 7 heteroatoms. The summed E-state index contributed by atoms with van der Waals surface area (Å²) in [7, 11) is 0. The minimum atomic E-state index is -0.610. The fourth-order valence-corrected chi connectivity index (χ4v) is 4.07. The molecule has 0 saturated carbocycles. The Kier molecular flexibility index (Phi) is 6.37. The van der Waals surface area contributed by atoms with Gasteiger partial charge in [0.2, 0.25) is 5.91 Å². The number of hydrogen-bond donors (Lipinski definition) is 3. The highest BCUT2D eigenvalue weighted by atomic mass is 19.1. The van der Waals surface area contributed by atoms with Crippen LogP contribution < -0.4 is 10.6 Å². The number of fused-ring (bicyclic) bond motifs is 1. The number of benzene rings is 1. The van der Waals surface area contributed by atoms with Crippen LogP contribution in [-0.2, 0) is 11.2 Å². The van der Waals surface area contributed by atoms with Crippen LogP contribution >= 0.6 is 0 Å². The summed E-state index contributed by atoms with van der Waals surface area (Å²) in [5.41, 5.74) is 3.87. The summed E-state index contributed by atoms with van der Waals surface area (Å²) in [4.78, 5) is 30.6. The van der Waals surface area contributed by atoms with Crippen LogP contribution in [-0.4, -0.2) is 47.9 Å². The van der Waals surface area contributed by atoms with Gasteiger partial charge in [0.1, 0.15) is 5.82 Å². The predicted octanol–water partition coefficient (Wildman–Crippen LogP) is 3.12. The summed E-state index contributed by atoms with van der Waals surface area (Å²) in [5, 5.41) is 5.73. The van der Waals surface area contributed by atoms with E-state index in [2.05, 4.69) is 34.4 Å². The number of aromatic amines is 1. The van der Waals surface area contributed by atoms with Crippen LogP contribution in [0.3, 0.4) is 0 Å². The van der Waals surface area contributed by atoms with Gasteiger partial charge in [-0.3, -0.25) is 9.59 Å². The lowest BCUT2D eigenvalue weighted by atomic mass is 9.93. The average molecular weight is 400 g/mol. The fraction of sp³-hybridized carbons (Fsp3) is 0.455. The molecule has 0 bridgehead atoms. The van der Waals surface area contributed by atoms with Crippen LogP contribution in [0.4, 0.5) is 10.1 Å². The third-order valence-electron chi connectivity index (χ3n) is 5.76. The van der Waals surface area contributed by atoms with Gasteiger partial charge in [0.05, 0.1) is 11.5 Å². The molecule has 6 nitrogen and oxygen atoms in total. The highest BCUT2D eigenvalue weighted by Crippen LogP contribution is 2.37. The van der Waals surface area contributed by atoms with E-state index in [4.69, 9.17) is 0 Å². The molecule has 2 amide bonds. The Bertz CT molecular complexity index is 918. The number of anilines is 1. The molecular weight excluding hydrogens is 371 g/mol. The summed E-state index contributed by atoms with van der Waals surface area (Å²) in [6, 6.07) is 4.66. The van der Waals surface area contributed by atoms with Crippen LogP contribution in [0.15, 0.2) is 18.2 Å². The van der Waals surface area contributed by atoms with E-state index < -0.39 is 5.92 Å². The number of aromatic nitrogens is 1. The predicted molar refractivity (Wildman–Crippen MR) is 112 cm³/mol. The van der Waals surface area contributed by atoms with E-state index in [1.54, 1.807) is 12.1 Å². The van der Waals surface area contributed by atoms with Crippen molar-refractivity contribution in [2.75, 3.05) is 31.5 Å². The summed E-state index contributed by atoms with van der Waals surface area (Å²) >= 11 is 0. The molecule has 0 saturated heterocycles. The third-order valence-corrected chi connectivity index (χ3v) is 5.76. The van der Waals surface area contributed by atoms with Gasteiger partial charge in [-0.1, -0.05) is 19.9 Å². The first kappa shape index (κ1) is 21.0. The molecule has 1 aromatic heterocycles. The lowest BCUT2D eigenvalue weighted by Gasteiger charge is -2.18. The minimum Gasteiger partial charge on any atom is -0.362 e. The van der Waals surface area contributed by atoms with E-state index in [1.165, 1.54) is 6.07 Å². The lowest BCUT2D eigenvalue weighted by Crippen LogP contribution is -2.35. The molecule has 0 radical (unpaired) electrons. The first-order chi connectivity index (χ1) is 13.9. The molecule has 1 atom stereocenters. The van der Waals surface area contributed by atoms with Crippen LogP contribution in [0, 0.1) is 19.7 Å². The van der Waals surface area contributed by atoms with Crippen molar-refractivity contribution >= 4 is 17.5 Å². The average Bonchev–Trinajstić information content (AvgIpc) is 3.15. The summed E-state index contributed by atoms with van der Waals surface area (Å²) < 4.78 is 14.3. The molecule has 1 aliphatic rings. The first-order valence-corrected chi connectivity index (χ1v) is 10.1. The maximum atomic E-state index is 14.3. The fourth-order valence-electron chi connectivity index (χ4n) is 4.07. The normalized spacial score (nSPS) is 15.5. The van der Waals surface area contributed by atoms with Crippen molar-refractivity contribution in [2.45, 2.75) is 40.0 Å². The molecule has 0 spiro atoms. The maximum absolute atomic E-state index is 14.3. The smallest absolute Gasteiger partial charge is 0.253 e. The van der Waals surface area contributed by atoms with Crippen LogP contribution in [0.25, 0.3) is 0 Å². The van der Waals surface area contributed by atoms with Gasteiger partial charge in [0, 0.05) is 42.1 Å². The van der Waals surface area contributed by atoms with Crippen LogP contribution in [0.1, 0.15) is 52.6 Å². The second kappa shape index (κ2) is 8.78. The monoisotopic (exact) mass is 400 g/mol. The van der Waals surface area contributed by atoms with Crippen molar-refractivity contribution in [2.24, 2.45) is 0 Å². The zero-order valence-corrected chi connectivity index (χ0v) is 17.5. The van der Waals surface area contributed by atoms with Crippen molar-refractivity contribution in [3.63, 3.8) is 0 Å². The van der Waals surface area contributed by atoms with Crippen molar-refractivity contribution < 1.29 is 14.0 Å². The molecule has 2 aromatic rings. The number of H-pyrrole nitrogens is 1. The highest BCUT2D eigenvalue weighted by Gasteiger charge is 2.34. The van der Waals surface area contributed by atoms with Crippen LogP contribution in [0.2, 0.25) is 0 Å². The summed E-state index contributed by atoms with van der Waals surface area (Å²) in [6.45, 7) is 11.2. The van der Waals surface area contributed by atoms with Gasteiger partial charge in [0.25, 0.3) is 5.91 Å². The van der Waals surface area contributed by atoms with Crippen LogP contribution in [0.5, 0.6) is 0 Å².